The quantitative estimate of drug-likeness (QED) is 0.628. The lowest BCUT2D eigenvalue weighted by atomic mass is 10.2. The lowest BCUT2D eigenvalue weighted by molar-refractivity contribution is 0.0939. The van der Waals surface area contributed by atoms with Crippen LogP contribution in [0.2, 0.25) is 0 Å². The molecule has 19 heavy (non-hydrogen) atoms. The number of anilines is 2. The van der Waals surface area contributed by atoms with Crippen LogP contribution in [0.3, 0.4) is 0 Å². The number of carbonyl (C=O) groups is 1. The molecule has 0 fully saturated rings. The standard InChI is InChI=1S/C11H15N7O/c1-6(8-16-11(12)18-17-8)15-10(19)7-4-3-5-14-9(7)13-2/h3-6H,1-2H3,(H,13,14)(H,15,19)(H3,12,16,17,18). The van der Waals surface area contributed by atoms with Crippen LogP contribution in [0.15, 0.2) is 18.3 Å². The van der Waals surface area contributed by atoms with Gasteiger partial charge in [-0.1, -0.05) is 0 Å². The Labute approximate surface area is 109 Å². The van der Waals surface area contributed by atoms with Gasteiger partial charge in [0.1, 0.15) is 11.6 Å². The highest BCUT2D eigenvalue weighted by molar-refractivity contribution is 5.98. The van der Waals surface area contributed by atoms with Gasteiger partial charge in [-0.15, -0.1) is 5.10 Å². The SMILES string of the molecule is CNc1ncccc1C(=O)NC(C)c1nc(N)n[nH]1. The number of amides is 1. The molecule has 0 spiro atoms. The second-order valence-corrected chi connectivity index (χ2v) is 3.92. The van der Waals surface area contributed by atoms with Crippen molar-refractivity contribution in [3.8, 4) is 0 Å². The third-order valence-corrected chi connectivity index (χ3v) is 2.57. The van der Waals surface area contributed by atoms with Crippen LogP contribution in [0.4, 0.5) is 11.8 Å². The van der Waals surface area contributed by atoms with E-state index in [9.17, 15) is 4.79 Å². The van der Waals surface area contributed by atoms with Crippen LogP contribution in [0.5, 0.6) is 0 Å². The van der Waals surface area contributed by atoms with Crippen molar-refractivity contribution in [2.45, 2.75) is 13.0 Å². The zero-order chi connectivity index (χ0) is 13.8. The first-order valence-corrected chi connectivity index (χ1v) is 5.73. The van der Waals surface area contributed by atoms with Crippen molar-refractivity contribution in [1.29, 1.82) is 0 Å². The molecule has 1 unspecified atom stereocenters. The fraction of sp³-hybridized carbons (Fsp3) is 0.273. The predicted molar refractivity (Wildman–Crippen MR) is 70.5 cm³/mol. The van der Waals surface area contributed by atoms with Crippen molar-refractivity contribution in [3.63, 3.8) is 0 Å². The van der Waals surface area contributed by atoms with E-state index < -0.39 is 0 Å². The lowest BCUT2D eigenvalue weighted by Crippen LogP contribution is -2.28. The molecule has 5 N–H and O–H groups in total. The Morgan fingerprint density at radius 1 is 1.53 bits per heavy atom. The van der Waals surface area contributed by atoms with E-state index in [-0.39, 0.29) is 17.9 Å². The summed E-state index contributed by atoms with van der Waals surface area (Å²) < 4.78 is 0. The van der Waals surface area contributed by atoms with Gasteiger partial charge < -0.3 is 16.4 Å². The van der Waals surface area contributed by atoms with E-state index in [0.29, 0.717) is 17.2 Å². The van der Waals surface area contributed by atoms with Gasteiger partial charge in [0.25, 0.3) is 5.91 Å². The molecule has 2 heterocycles. The maximum absolute atomic E-state index is 12.1. The zero-order valence-electron chi connectivity index (χ0n) is 10.6. The molecule has 100 valence electrons. The molecule has 0 saturated heterocycles. The number of nitrogen functional groups attached to an aromatic ring is 1. The lowest BCUT2D eigenvalue weighted by Gasteiger charge is -2.12. The average Bonchev–Trinajstić information content (AvgIpc) is 2.85. The van der Waals surface area contributed by atoms with E-state index in [1.807, 2.05) is 0 Å². The highest BCUT2D eigenvalue weighted by Gasteiger charge is 2.16. The summed E-state index contributed by atoms with van der Waals surface area (Å²) in [5, 5.41) is 12.0. The molecule has 8 nitrogen and oxygen atoms in total. The first-order valence-electron chi connectivity index (χ1n) is 5.73. The number of nitrogens with one attached hydrogen (secondary N) is 3. The molecule has 0 aliphatic heterocycles. The van der Waals surface area contributed by atoms with E-state index >= 15 is 0 Å². The van der Waals surface area contributed by atoms with E-state index in [1.165, 1.54) is 0 Å². The Hall–Kier alpha value is -2.64. The average molecular weight is 261 g/mol. The number of nitrogens with two attached hydrogens (primary N) is 1. The monoisotopic (exact) mass is 261 g/mol. The topological polar surface area (TPSA) is 122 Å². The normalized spacial score (nSPS) is 11.9. The summed E-state index contributed by atoms with van der Waals surface area (Å²) in [6.45, 7) is 1.78. The summed E-state index contributed by atoms with van der Waals surface area (Å²) in [5.74, 6) is 0.915. The molecular weight excluding hydrogens is 246 g/mol. The van der Waals surface area contributed by atoms with Crippen molar-refractivity contribution in [3.05, 3.63) is 29.7 Å². The number of aromatic nitrogens is 4. The van der Waals surface area contributed by atoms with Gasteiger partial charge in [0, 0.05) is 13.2 Å². The Kier molecular flexibility index (Phi) is 3.60. The zero-order valence-corrected chi connectivity index (χ0v) is 10.6. The van der Waals surface area contributed by atoms with E-state index in [4.69, 9.17) is 5.73 Å². The van der Waals surface area contributed by atoms with Gasteiger partial charge in [-0.05, 0) is 19.1 Å². The fourth-order valence-electron chi connectivity index (χ4n) is 1.61. The van der Waals surface area contributed by atoms with Crippen LogP contribution in [0.25, 0.3) is 0 Å². The van der Waals surface area contributed by atoms with Gasteiger partial charge in [-0.25, -0.2) is 4.98 Å². The molecular formula is C11H15N7O. The molecule has 0 radical (unpaired) electrons. The molecule has 2 rings (SSSR count). The minimum absolute atomic E-state index is 0.147. The number of hydrogen-bond acceptors (Lipinski definition) is 6. The Morgan fingerprint density at radius 3 is 2.95 bits per heavy atom. The van der Waals surface area contributed by atoms with Crippen molar-refractivity contribution >= 4 is 17.7 Å². The summed E-state index contributed by atoms with van der Waals surface area (Å²) in [6.07, 6.45) is 1.61. The van der Waals surface area contributed by atoms with E-state index in [0.717, 1.165) is 0 Å². The van der Waals surface area contributed by atoms with E-state index in [2.05, 4.69) is 30.8 Å². The minimum Gasteiger partial charge on any atom is -0.372 e. The molecule has 0 saturated carbocycles. The van der Waals surface area contributed by atoms with Crippen LogP contribution >= 0.6 is 0 Å². The minimum atomic E-state index is -0.331. The largest absolute Gasteiger partial charge is 0.372 e. The van der Waals surface area contributed by atoms with Gasteiger partial charge in [0.2, 0.25) is 5.95 Å². The van der Waals surface area contributed by atoms with Gasteiger partial charge in [0.05, 0.1) is 11.6 Å². The molecule has 2 aromatic rings. The Balaban J connectivity index is 2.12. The maximum Gasteiger partial charge on any atom is 0.255 e. The number of carbonyl (C=O) groups excluding carboxylic acids is 1. The number of pyridine rings is 1. The predicted octanol–water partition coefficient (Wildman–Crippen LogP) is 0.315. The highest BCUT2D eigenvalue weighted by atomic mass is 16.1. The van der Waals surface area contributed by atoms with Crippen molar-refractivity contribution < 1.29 is 4.79 Å². The molecule has 0 aliphatic rings. The fourth-order valence-corrected chi connectivity index (χ4v) is 1.61. The molecule has 1 atom stereocenters. The van der Waals surface area contributed by atoms with Crippen LogP contribution in [-0.4, -0.2) is 33.1 Å². The Bertz CT molecular complexity index is 580. The van der Waals surface area contributed by atoms with Gasteiger partial charge in [-0.3, -0.25) is 9.89 Å². The Morgan fingerprint density at radius 2 is 2.32 bits per heavy atom. The summed E-state index contributed by atoms with van der Waals surface area (Å²) >= 11 is 0. The number of nitrogens with zero attached hydrogens (tertiary/aromatic N) is 3. The molecule has 0 bridgehead atoms. The van der Waals surface area contributed by atoms with Gasteiger partial charge in [0.15, 0.2) is 0 Å². The summed E-state index contributed by atoms with van der Waals surface area (Å²) in [7, 11) is 1.71. The van der Waals surface area contributed by atoms with Crippen LogP contribution in [0, 0.1) is 0 Å². The smallest absolute Gasteiger partial charge is 0.255 e. The first kappa shape index (κ1) is 12.8. The molecule has 1 amide bonds. The van der Waals surface area contributed by atoms with Gasteiger partial charge >= 0.3 is 0 Å². The molecule has 0 aliphatic carbocycles. The number of aromatic amines is 1. The first-order chi connectivity index (χ1) is 9.11. The van der Waals surface area contributed by atoms with Crippen LogP contribution in [-0.2, 0) is 0 Å². The third-order valence-electron chi connectivity index (χ3n) is 2.57. The van der Waals surface area contributed by atoms with Crippen LogP contribution in [0.1, 0.15) is 29.1 Å². The number of hydrogen-bond donors (Lipinski definition) is 4. The third kappa shape index (κ3) is 2.79. The summed E-state index contributed by atoms with van der Waals surface area (Å²) in [5.41, 5.74) is 5.88. The molecule has 8 heteroatoms. The van der Waals surface area contributed by atoms with Crippen molar-refractivity contribution in [1.82, 2.24) is 25.5 Å². The highest BCUT2D eigenvalue weighted by Crippen LogP contribution is 2.13. The number of H-pyrrole nitrogens is 1. The maximum atomic E-state index is 12.1. The van der Waals surface area contributed by atoms with E-state index in [1.54, 1.807) is 32.3 Å². The number of rotatable bonds is 4. The van der Waals surface area contributed by atoms with Crippen molar-refractivity contribution in [2.75, 3.05) is 18.1 Å². The summed E-state index contributed by atoms with van der Waals surface area (Å²) in [4.78, 5) is 20.2. The second-order valence-electron chi connectivity index (χ2n) is 3.92. The van der Waals surface area contributed by atoms with Crippen LogP contribution < -0.4 is 16.4 Å². The van der Waals surface area contributed by atoms with Crippen molar-refractivity contribution in [2.24, 2.45) is 0 Å². The molecule has 2 aromatic heterocycles. The molecule has 0 aromatic carbocycles. The summed E-state index contributed by atoms with van der Waals surface area (Å²) in [6, 6.07) is 3.06. The second kappa shape index (κ2) is 5.34. The van der Waals surface area contributed by atoms with Gasteiger partial charge in [-0.2, -0.15) is 4.98 Å².